The van der Waals surface area contributed by atoms with Gasteiger partial charge in [-0.1, -0.05) is 60.7 Å². The van der Waals surface area contributed by atoms with Crippen molar-refractivity contribution in [2.45, 2.75) is 85.2 Å². The van der Waals surface area contributed by atoms with Gasteiger partial charge in [0.05, 0.1) is 24.0 Å². The molecule has 1 N–H and O–H groups in total. The largest absolute Gasteiger partial charge is 0.464 e. The Morgan fingerprint density at radius 2 is 1.33 bits per heavy atom. The van der Waals surface area contributed by atoms with Crippen molar-refractivity contribution in [3.05, 3.63) is 71.8 Å². The molecule has 0 spiro atoms. The van der Waals surface area contributed by atoms with Crippen molar-refractivity contribution < 1.29 is 32.7 Å². The molecule has 0 heterocycles. The molecule has 0 saturated heterocycles. The molecular formula is C30H44NO7P. The molecule has 0 aliphatic carbocycles. The van der Waals surface area contributed by atoms with Gasteiger partial charge in [-0.2, -0.15) is 0 Å². The van der Waals surface area contributed by atoms with E-state index < -0.39 is 42.8 Å². The van der Waals surface area contributed by atoms with Crippen molar-refractivity contribution in [1.29, 1.82) is 0 Å². The first kappa shape index (κ1) is 32.5. The molecule has 0 radical (unpaired) electrons. The van der Waals surface area contributed by atoms with Gasteiger partial charge in [-0.05, 0) is 72.4 Å². The maximum Gasteiger partial charge on any atom is 0.408 e. The van der Waals surface area contributed by atoms with E-state index in [1.165, 1.54) is 0 Å². The number of amides is 1. The molecule has 39 heavy (non-hydrogen) atoms. The molecule has 9 heteroatoms. The molecular weight excluding hydrogens is 517 g/mol. The second-order valence-electron chi connectivity index (χ2n) is 11.4. The Kier molecular flexibility index (Phi) is 12.2. The van der Waals surface area contributed by atoms with E-state index in [9.17, 15) is 14.2 Å². The Hall–Kier alpha value is -2.67. The predicted molar refractivity (Wildman–Crippen MR) is 153 cm³/mol. The SMILES string of the molecule is CCOC(=O)[C@@H](NC(=O)OCc1ccccc1)[C@@H](CCc1ccccc1)CP(=O)(OC(C)(C)C)OC(C)(C)C. The lowest BCUT2D eigenvalue weighted by Gasteiger charge is -2.35. The summed E-state index contributed by atoms with van der Waals surface area (Å²) in [7, 11) is -3.76. The van der Waals surface area contributed by atoms with Crippen LogP contribution in [0.2, 0.25) is 0 Å². The molecule has 216 valence electrons. The van der Waals surface area contributed by atoms with Gasteiger partial charge in [-0.15, -0.1) is 0 Å². The summed E-state index contributed by atoms with van der Waals surface area (Å²) in [6.45, 7) is 12.6. The summed E-state index contributed by atoms with van der Waals surface area (Å²) in [6, 6.07) is 17.9. The summed E-state index contributed by atoms with van der Waals surface area (Å²) in [5.41, 5.74) is 0.307. The molecule has 0 unspecified atom stereocenters. The topological polar surface area (TPSA) is 100 Å². The van der Waals surface area contributed by atoms with E-state index in [4.69, 9.17) is 18.5 Å². The third-order valence-electron chi connectivity index (χ3n) is 5.43. The highest BCUT2D eigenvalue weighted by Crippen LogP contribution is 2.56. The van der Waals surface area contributed by atoms with Crippen molar-refractivity contribution in [2.75, 3.05) is 12.8 Å². The molecule has 0 saturated carbocycles. The Labute approximate surface area is 233 Å². The van der Waals surface area contributed by atoms with E-state index in [-0.39, 0.29) is 19.4 Å². The molecule has 2 rings (SSSR count). The number of carbonyl (C=O) groups is 2. The molecule has 0 aromatic heterocycles. The summed E-state index contributed by atoms with van der Waals surface area (Å²) < 4.78 is 37.0. The highest BCUT2D eigenvalue weighted by molar-refractivity contribution is 7.53. The Morgan fingerprint density at radius 3 is 1.82 bits per heavy atom. The monoisotopic (exact) mass is 561 g/mol. The summed E-state index contributed by atoms with van der Waals surface area (Å²) >= 11 is 0. The van der Waals surface area contributed by atoms with E-state index >= 15 is 0 Å². The molecule has 2 aromatic carbocycles. The van der Waals surface area contributed by atoms with Crippen LogP contribution in [0.5, 0.6) is 0 Å². The van der Waals surface area contributed by atoms with Gasteiger partial charge in [0, 0.05) is 5.92 Å². The quantitative estimate of drug-likeness (QED) is 0.209. The maximum absolute atomic E-state index is 14.2. The van der Waals surface area contributed by atoms with Gasteiger partial charge in [-0.25, -0.2) is 9.59 Å². The number of ether oxygens (including phenoxy) is 2. The lowest BCUT2D eigenvalue weighted by Crippen LogP contribution is -2.48. The molecule has 0 fully saturated rings. The van der Waals surface area contributed by atoms with Crippen LogP contribution < -0.4 is 5.32 Å². The van der Waals surface area contributed by atoms with Gasteiger partial charge in [0.15, 0.2) is 0 Å². The second kappa shape index (κ2) is 14.6. The minimum atomic E-state index is -3.76. The average molecular weight is 562 g/mol. The number of esters is 1. The first-order valence-electron chi connectivity index (χ1n) is 13.4. The zero-order valence-electron chi connectivity index (χ0n) is 24.3. The van der Waals surface area contributed by atoms with Crippen LogP contribution in [-0.4, -0.2) is 42.1 Å². The summed E-state index contributed by atoms with van der Waals surface area (Å²) in [5.74, 6) is -1.27. The number of carbonyl (C=O) groups excluding carboxylic acids is 2. The van der Waals surface area contributed by atoms with Crippen LogP contribution in [0.1, 0.15) is 66.0 Å². The molecule has 1 amide bonds. The van der Waals surface area contributed by atoms with Crippen molar-refractivity contribution in [1.82, 2.24) is 5.32 Å². The first-order chi connectivity index (χ1) is 18.2. The first-order valence-corrected chi connectivity index (χ1v) is 15.1. The molecule has 2 aromatic rings. The molecule has 0 bridgehead atoms. The second-order valence-corrected chi connectivity index (χ2v) is 13.4. The van der Waals surface area contributed by atoms with E-state index in [1.807, 2.05) is 60.7 Å². The number of alkyl carbamates (subject to hydrolysis) is 1. The number of aryl methyl sites for hydroxylation is 1. The van der Waals surface area contributed by atoms with E-state index in [0.717, 1.165) is 11.1 Å². The van der Waals surface area contributed by atoms with E-state index in [2.05, 4.69) is 5.32 Å². The van der Waals surface area contributed by atoms with Crippen molar-refractivity contribution >= 4 is 19.7 Å². The number of nitrogens with one attached hydrogen (secondary N) is 1. The number of benzene rings is 2. The smallest absolute Gasteiger partial charge is 0.408 e. The lowest BCUT2D eigenvalue weighted by molar-refractivity contribution is -0.147. The van der Waals surface area contributed by atoms with Crippen LogP contribution in [0.4, 0.5) is 4.79 Å². The van der Waals surface area contributed by atoms with Crippen LogP contribution in [0.15, 0.2) is 60.7 Å². The van der Waals surface area contributed by atoms with Gasteiger partial charge >= 0.3 is 19.7 Å². The lowest BCUT2D eigenvalue weighted by atomic mass is 9.94. The Morgan fingerprint density at radius 1 is 0.821 bits per heavy atom. The highest BCUT2D eigenvalue weighted by atomic mass is 31.2. The number of hydrogen-bond donors (Lipinski definition) is 1. The third kappa shape index (κ3) is 12.8. The average Bonchev–Trinajstić information content (AvgIpc) is 2.83. The molecule has 0 aliphatic rings. The van der Waals surface area contributed by atoms with Crippen molar-refractivity contribution in [3.63, 3.8) is 0 Å². The van der Waals surface area contributed by atoms with E-state index in [1.54, 1.807) is 48.5 Å². The summed E-state index contributed by atoms with van der Waals surface area (Å²) in [5, 5.41) is 2.69. The summed E-state index contributed by atoms with van der Waals surface area (Å²) in [6.07, 6.45) is 0.117. The zero-order valence-corrected chi connectivity index (χ0v) is 25.2. The number of rotatable bonds is 13. The Balaban J connectivity index is 2.37. The number of hydrogen-bond acceptors (Lipinski definition) is 7. The van der Waals surface area contributed by atoms with Crippen molar-refractivity contribution in [2.24, 2.45) is 5.92 Å². The minimum Gasteiger partial charge on any atom is -0.464 e. The fraction of sp³-hybridized carbons (Fsp3) is 0.533. The Bertz CT molecular complexity index is 1060. The van der Waals surface area contributed by atoms with Crippen LogP contribution >= 0.6 is 7.60 Å². The zero-order chi connectivity index (χ0) is 29.1. The minimum absolute atomic E-state index is 0.0374. The fourth-order valence-electron chi connectivity index (χ4n) is 4.07. The summed E-state index contributed by atoms with van der Waals surface area (Å²) in [4.78, 5) is 26.1. The molecule has 0 aliphatic heterocycles. The van der Waals surface area contributed by atoms with Crippen LogP contribution in [-0.2, 0) is 40.9 Å². The molecule has 8 nitrogen and oxygen atoms in total. The van der Waals surface area contributed by atoms with Crippen LogP contribution in [0.25, 0.3) is 0 Å². The normalized spacial score (nSPS) is 13.8. The molecule has 2 atom stereocenters. The van der Waals surface area contributed by atoms with Crippen LogP contribution in [0.3, 0.4) is 0 Å². The van der Waals surface area contributed by atoms with Gasteiger partial charge < -0.3 is 23.8 Å². The van der Waals surface area contributed by atoms with Gasteiger partial charge in [0.2, 0.25) is 0 Å². The van der Waals surface area contributed by atoms with Crippen molar-refractivity contribution in [3.8, 4) is 0 Å². The highest BCUT2D eigenvalue weighted by Gasteiger charge is 2.42. The third-order valence-corrected chi connectivity index (χ3v) is 8.00. The van der Waals surface area contributed by atoms with Crippen LogP contribution in [0, 0.1) is 5.92 Å². The standard InChI is InChI=1S/C30H44NO7P/c1-8-35-27(32)26(31-28(33)36-21-24-17-13-10-14-18-24)25(20-19-23-15-11-9-12-16-23)22-39(34,37-29(2,3)4)38-30(5,6)7/h9-18,25-26H,8,19-22H2,1-7H3,(H,31,33)/t25-,26-/m0/s1. The fourth-order valence-corrected chi connectivity index (χ4v) is 6.89. The predicted octanol–water partition coefficient (Wildman–Crippen LogP) is 6.92. The van der Waals surface area contributed by atoms with E-state index in [0.29, 0.717) is 12.8 Å². The maximum atomic E-state index is 14.2. The van der Waals surface area contributed by atoms with Gasteiger partial charge in [0.25, 0.3) is 0 Å². The van der Waals surface area contributed by atoms with Gasteiger partial charge in [0.1, 0.15) is 12.6 Å². The van der Waals surface area contributed by atoms with Gasteiger partial charge in [-0.3, -0.25) is 4.57 Å².